The smallest absolute Gasteiger partial charge is 0.0483 e. The van der Waals surface area contributed by atoms with Crippen molar-refractivity contribution in [2.45, 2.75) is 32.6 Å². The van der Waals surface area contributed by atoms with Crippen molar-refractivity contribution in [3.8, 4) is 0 Å². The van der Waals surface area contributed by atoms with Crippen LogP contribution in [-0.2, 0) is 7.05 Å². The van der Waals surface area contributed by atoms with Crippen molar-refractivity contribution in [1.82, 2.24) is 9.88 Å². The molecular weight excluding hydrogens is 220 g/mol. The Kier molecular flexibility index (Phi) is 2.90. The Morgan fingerprint density at radius 3 is 2.72 bits per heavy atom. The van der Waals surface area contributed by atoms with Gasteiger partial charge in [-0.05, 0) is 68.0 Å². The standard InChI is InChI=1S/C16H22N2/c1-11-7-14-15(13-5-4-6-17-9-13)10-18(3)16(14)8-12(11)2/h7-8,10,13,17H,4-6,9H2,1-3H3. The quantitative estimate of drug-likeness (QED) is 0.812. The summed E-state index contributed by atoms with van der Waals surface area (Å²) in [5, 5.41) is 4.98. The maximum atomic E-state index is 3.52. The Balaban J connectivity index is 2.14. The summed E-state index contributed by atoms with van der Waals surface area (Å²) in [6, 6.07) is 4.69. The first-order valence-corrected chi connectivity index (χ1v) is 6.93. The second-order valence-corrected chi connectivity index (χ2v) is 5.69. The summed E-state index contributed by atoms with van der Waals surface area (Å²) in [6.45, 7) is 6.72. The van der Waals surface area contributed by atoms with E-state index in [1.54, 1.807) is 0 Å². The van der Waals surface area contributed by atoms with Crippen LogP contribution in [0.2, 0.25) is 0 Å². The molecule has 1 atom stereocenters. The highest BCUT2D eigenvalue weighted by atomic mass is 14.9. The SMILES string of the molecule is Cc1cc2c(C3CCCNC3)cn(C)c2cc1C. The van der Waals surface area contributed by atoms with Gasteiger partial charge in [0.15, 0.2) is 0 Å². The van der Waals surface area contributed by atoms with Crippen LogP contribution < -0.4 is 5.32 Å². The Morgan fingerprint density at radius 1 is 1.22 bits per heavy atom. The molecule has 2 heteroatoms. The zero-order chi connectivity index (χ0) is 12.7. The first-order valence-electron chi connectivity index (χ1n) is 6.93. The first-order chi connectivity index (χ1) is 8.66. The molecule has 1 saturated heterocycles. The summed E-state index contributed by atoms with van der Waals surface area (Å²) in [5.41, 5.74) is 5.69. The van der Waals surface area contributed by atoms with E-state index in [9.17, 15) is 0 Å². The van der Waals surface area contributed by atoms with Crippen molar-refractivity contribution in [1.29, 1.82) is 0 Å². The minimum absolute atomic E-state index is 0.685. The van der Waals surface area contributed by atoms with E-state index < -0.39 is 0 Å². The molecule has 1 aliphatic heterocycles. The van der Waals surface area contributed by atoms with Gasteiger partial charge >= 0.3 is 0 Å². The lowest BCUT2D eigenvalue weighted by atomic mass is 9.90. The van der Waals surface area contributed by atoms with Crippen molar-refractivity contribution in [2.75, 3.05) is 13.1 Å². The minimum Gasteiger partial charge on any atom is -0.350 e. The van der Waals surface area contributed by atoms with Crippen LogP contribution in [-0.4, -0.2) is 17.7 Å². The molecule has 0 aliphatic carbocycles. The van der Waals surface area contributed by atoms with Crippen LogP contribution in [0.4, 0.5) is 0 Å². The van der Waals surface area contributed by atoms with Crippen LogP contribution >= 0.6 is 0 Å². The van der Waals surface area contributed by atoms with Crippen LogP contribution in [0.15, 0.2) is 18.3 Å². The molecule has 1 unspecified atom stereocenters. The third-order valence-electron chi connectivity index (χ3n) is 4.37. The summed E-state index contributed by atoms with van der Waals surface area (Å²) in [6.07, 6.45) is 4.95. The number of fused-ring (bicyclic) bond motifs is 1. The molecule has 0 bridgehead atoms. The molecule has 0 radical (unpaired) electrons. The molecule has 0 spiro atoms. The molecule has 0 amide bonds. The highest BCUT2D eigenvalue weighted by molar-refractivity contribution is 5.86. The van der Waals surface area contributed by atoms with Crippen LogP contribution in [0.1, 0.15) is 35.4 Å². The van der Waals surface area contributed by atoms with Crippen molar-refractivity contribution >= 4 is 10.9 Å². The average Bonchev–Trinajstić information content (AvgIpc) is 2.69. The van der Waals surface area contributed by atoms with Crippen LogP contribution in [0.3, 0.4) is 0 Å². The fourth-order valence-corrected chi connectivity index (χ4v) is 3.11. The molecule has 18 heavy (non-hydrogen) atoms. The van der Waals surface area contributed by atoms with Gasteiger partial charge in [-0.3, -0.25) is 0 Å². The fraction of sp³-hybridized carbons (Fsp3) is 0.500. The molecule has 2 aromatic rings. The number of piperidine rings is 1. The normalized spacial score (nSPS) is 20.5. The van der Waals surface area contributed by atoms with Crippen LogP contribution in [0.25, 0.3) is 10.9 Å². The number of nitrogens with zero attached hydrogens (tertiary/aromatic N) is 1. The highest BCUT2D eigenvalue weighted by Gasteiger charge is 2.19. The summed E-state index contributed by atoms with van der Waals surface area (Å²) in [4.78, 5) is 0. The molecule has 1 aliphatic rings. The topological polar surface area (TPSA) is 17.0 Å². The van der Waals surface area contributed by atoms with Gasteiger partial charge in [0.2, 0.25) is 0 Å². The van der Waals surface area contributed by atoms with E-state index in [2.05, 4.69) is 49.1 Å². The fourth-order valence-electron chi connectivity index (χ4n) is 3.11. The third-order valence-corrected chi connectivity index (χ3v) is 4.37. The van der Waals surface area contributed by atoms with Gasteiger partial charge in [0.25, 0.3) is 0 Å². The van der Waals surface area contributed by atoms with E-state index in [-0.39, 0.29) is 0 Å². The predicted molar refractivity (Wildman–Crippen MR) is 77.2 cm³/mol. The van der Waals surface area contributed by atoms with Gasteiger partial charge in [-0.1, -0.05) is 0 Å². The van der Waals surface area contributed by atoms with Gasteiger partial charge in [-0.15, -0.1) is 0 Å². The van der Waals surface area contributed by atoms with Gasteiger partial charge in [0, 0.05) is 30.7 Å². The Morgan fingerprint density at radius 2 is 2.00 bits per heavy atom. The van der Waals surface area contributed by atoms with Gasteiger partial charge in [0.05, 0.1) is 0 Å². The molecule has 0 saturated carbocycles. The van der Waals surface area contributed by atoms with Crippen molar-refractivity contribution in [3.05, 3.63) is 35.0 Å². The number of aromatic nitrogens is 1. The first kappa shape index (κ1) is 11.8. The number of nitrogens with one attached hydrogen (secondary N) is 1. The number of benzene rings is 1. The van der Waals surface area contributed by atoms with E-state index in [1.165, 1.54) is 47.0 Å². The van der Waals surface area contributed by atoms with Crippen LogP contribution in [0, 0.1) is 13.8 Å². The highest BCUT2D eigenvalue weighted by Crippen LogP contribution is 2.32. The predicted octanol–water partition coefficient (Wildman–Crippen LogP) is 3.26. The largest absolute Gasteiger partial charge is 0.350 e. The maximum Gasteiger partial charge on any atom is 0.0483 e. The van der Waals surface area contributed by atoms with Gasteiger partial charge in [-0.25, -0.2) is 0 Å². The monoisotopic (exact) mass is 242 g/mol. The van der Waals surface area contributed by atoms with Crippen molar-refractivity contribution in [3.63, 3.8) is 0 Å². The molecule has 3 rings (SSSR count). The van der Waals surface area contributed by atoms with Crippen LogP contribution in [0.5, 0.6) is 0 Å². The molecular formula is C16H22N2. The van der Waals surface area contributed by atoms with E-state index in [4.69, 9.17) is 0 Å². The molecule has 1 fully saturated rings. The number of aryl methyl sites for hydroxylation is 3. The second kappa shape index (κ2) is 4.43. The third kappa shape index (κ3) is 1.85. The zero-order valence-corrected chi connectivity index (χ0v) is 11.6. The molecule has 1 aromatic heterocycles. The van der Waals surface area contributed by atoms with E-state index in [0.29, 0.717) is 5.92 Å². The lowest BCUT2D eigenvalue weighted by Gasteiger charge is -2.22. The maximum absolute atomic E-state index is 3.52. The van der Waals surface area contributed by atoms with Gasteiger partial charge in [0.1, 0.15) is 0 Å². The number of hydrogen-bond acceptors (Lipinski definition) is 1. The molecule has 1 N–H and O–H groups in total. The van der Waals surface area contributed by atoms with Gasteiger partial charge < -0.3 is 9.88 Å². The average molecular weight is 242 g/mol. The Bertz CT molecular complexity index is 574. The number of rotatable bonds is 1. The molecule has 2 heterocycles. The molecule has 2 nitrogen and oxygen atoms in total. The van der Waals surface area contributed by atoms with Crippen molar-refractivity contribution < 1.29 is 0 Å². The minimum atomic E-state index is 0.685. The summed E-state index contributed by atoms with van der Waals surface area (Å²) < 4.78 is 2.28. The molecule has 1 aromatic carbocycles. The Hall–Kier alpha value is -1.28. The summed E-state index contributed by atoms with van der Waals surface area (Å²) in [7, 11) is 2.16. The van der Waals surface area contributed by atoms with E-state index in [0.717, 1.165) is 6.54 Å². The number of hydrogen-bond donors (Lipinski definition) is 1. The Labute approximate surface area is 109 Å². The zero-order valence-electron chi connectivity index (χ0n) is 11.6. The summed E-state index contributed by atoms with van der Waals surface area (Å²) in [5.74, 6) is 0.685. The lowest BCUT2D eigenvalue weighted by Crippen LogP contribution is -2.28. The van der Waals surface area contributed by atoms with Crippen molar-refractivity contribution in [2.24, 2.45) is 7.05 Å². The molecule has 96 valence electrons. The van der Waals surface area contributed by atoms with E-state index >= 15 is 0 Å². The van der Waals surface area contributed by atoms with Gasteiger partial charge in [-0.2, -0.15) is 0 Å². The van der Waals surface area contributed by atoms with E-state index in [1.807, 2.05) is 0 Å². The summed E-state index contributed by atoms with van der Waals surface area (Å²) >= 11 is 0. The lowest BCUT2D eigenvalue weighted by molar-refractivity contribution is 0.463. The second-order valence-electron chi connectivity index (χ2n) is 5.69.